The van der Waals surface area contributed by atoms with E-state index in [2.05, 4.69) is 9.88 Å². The van der Waals surface area contributed by atoms with Crippen molar-refractivity contribution in [3.8, 4) is 5.75 Å². The van der Waals surface area contributed by atoms with E-state index in [1.165, 1.54) is 0 Å². The summed E-state index contributed by atoms with van der Waals surface area (Å²) in [4.78, 5) is 20.8. The Morgan fingerprint density at radius 2 is 1.96 bits per heavy atom. The zero-order chi connectivity index (χ0) is 16.5. The molecular weight excluding hydrogens is 292 g/mol. The molecule has 1 aliphatic rings. The summed E-state index contributed by atoms with van der Waals surface area (Å²) in [6.07, 6.45) is 6.65. The molecule has 2 heterocycles. The molecule has 1 aromatic heterocycles. The first-order valence-corrected chi connectivity index (χ1v) is 8.47. The van der Waals surface area contributed by atoms with E-state index < -0.39 is 0 Å². The monoisotopic (exact) mass is 320 g/mol. The standard InChI is InChI=1S/C17H28N4O2/c1-23-15-7-9-19-16(14-15)20-10-12-21(13-11-20)17(22)6-4-2-3-5-8-18/h7,9,14H,2-6,8,10-13,18H2,1H3. The van der Waals surface area contributed by atoms with Crippen LogP contribution in [-0.4, -0.2) is 55.6 Å². The summed E-state index contributed by atoms with van der Waals surface area (Å²) in [5.41, 5.74) is 5.47. The highest BCUT2D eigenvalue weighted by Gasteiger charge is 2.21. The van der Waals surface area contributed by atoms with Crippen LogP contribution in [0.5, 0.6) is 5.75 Å². The molecule has 0 atom stereocenters. The van der Waals surface area contributed by atoms with Gasteiger partial charge in [-0.3, -0.25) is 4.79 Å². The van der Waals surface area contributed by atoms with Crippen LogP contribution in [0.25, 0.3) is 0 Å². The Balaban J connectivity index is 1.73. The number of unbranched alkanes of at least 4 members (excludes halogenated alkanes) is 3. The average molecular weight is 320 g/mol. The molecule has 0 saturated carbocycles. The maximum Gasteiger partial charge on any atom is 0.222 e. The number of ether oxygens (including phenoxy) is 1. The van der Waals surface area contributed by atoms with Crippen LogP contribution in [0.3, 0.4) is 0 Å². The lowest BCUT2D eigenvalue weighted by Crippen LogP contribution is -2.49. The van der Waals surface area contributed by atoms with Crippen LogP contribution in [-0.2, 0) is 4.79 Å². The number of amides is 1. The van der Waals surface area contributed by atoms with E-state index in [0.29, 0.717) is 6.42 Å². The molecule has 6 nitrogen and oxygen atoms in total. The van der Waals surface area contributed by atoms with Crippen LogP contribution >= 0.6 is 0 Å². The van der Waals surface area contributed by atoms with E-state index in [-0.39, 0.29) is 5.91 Å². The van der Waals surface area contributed by atoms with Gasteiger partial charge in [-0.15, -0.1) is 0 Å². The number of rotatable bonds is 8. The van der Waals surface area contributed by atoms with Crippen molar-refractivity contribution in [3.63, 3.8) is 0 Å². The van der Waals surface area contributed by atoms with Crippen LogP contribution in [0, 0.1) is 0 Å². The van der Waals surface area contributed by atoms with Gasteiger partial charge in [0, 0.05) is 44.9 Å². The molecule has 1 aliphatic heterocycles. The predicted octanol–water partition coefficient (Wildman–Crippen LogP) is 1.65. The maximum atomic E-state index is 12.2. The van der Waals surface area contributed by atoms with Gasteiger partial charge < -0.3 is 20.3 Å². The number of nitrogens with two attached hydrogens (primary N) is 1. The molecular formula is C17H28N4O2. The van der Waals surface area contributed by atoms with Crippen LogP contribution in [0.15, 0.2) is 18.3 Å². The smallest absolute Gasteiger partial charge is 0.222 e. The fourth-order valence-corrected chi connectivity index (χ4v) is 2.82. The second-order valence-corrected chi connectivity index (χ2v) is 5.87. The number of hydrogen-bond donors (Lipinski definition) is 1. The first-order valence-electron chi connectivity index (χ1n) is 8.47. The molecule has 0 aliphatic carbocycles. The van der Waals surface area contributed by atoms with Crippen LogP contribution < -0.4 is 15.4 Å². The molecule has 1 fully saturated rings. The highest BCUT2D eigenvalue weighted by molar-refractivity contribution is 5.76. The molecule has 1 amide bonds. The Bertz CT molecular complexity index is 487. The fraction of sp³-hybridized carbons (Fsp3) is 0.647. The minimum atomic E-state index is 0.274. The quantitative estimate of drug-likeness (QED) is 0.737. The average Bonchev–Trinajstić information content (AvgIpc) is 2.61. The molecule has 6 heteroatoms. The minimum absolute atomic E-state index is 0.274. The van der Waals surface area contributed by atoms with Crippen molar-refractivity contribution >= 4 is 11.7 Å². The molecule has 0 unspecified atom stereocenters. The van der Waals surface area contributed by atoms with Crippen molar-refractivity contribution < 1.29 is 9.53 Å². The Labute approximate surface area is 138 Å². The predicted molar refractivity (Wildman–Crippen MR) is 91.7 cm³/mol. The van der Waals surface area contributed by atoms with E-state index >= 15 is 0 Å². The number of piperazine rings is 1. The van der Waals surface area contributed by atoms with Gasteiger partial charge >= 0.3 is 0 Å². The molecule has 23 heavy (non-hydrogen) atoms. The van der Waals surface area contributed by atoms with Crippen molar-refractivity contribution in [1.29, 1.82) is 0 Å². The zero-order valence-corrected chi connectivity index (χ0v) is 14.0. The lowest BCUT2D eigenvalue weighted by molar-refractivity contribution is -0.131. The zero-order valence-electron chi connectivity index (χ0n) is 14.0. The molecule has 0 bridgehead atoms. The maximum absolute atomic E-state index is 12.2. The SMILES string of the molecule is COc1ccnc(N2CCN(C(=O)CCCCCCN)CC2)c1. The van der Waals surface area contributed by atoms with Crippen molar-refractivity contribution in [2.75, 3.05) is 44.7 Å². The third kappa shape index (κ3) is 5.39. The number of carbonyl (C=O) groups excluding carboxylic acids is 1. The van der Waals surface area contributed by atoms with E-state index in [1.54, 1.807) is 13.3 Å². The van der Waals surface area contributed by atoms with Gasteiger partial charge in [0.25, 0.3) is 0 Å². The third-order valence-corrected chi connectivity index (χ3v) is 4.25. The summed E-state index contributed by atoms with van der Waals surface area (Å²) in [5.74, 6) is 2.00. The first-order chi connectivity index (χ1) is 11.2. The molecule has 2 rings (SSSR count). The molecule has 2 N–H and O–H groups in total. The van der Waals surface area contributed by atoms with Gasteiger partial charge in [-0.1, -0.05) is 12.8 Å². The van der Waals surface area contributed by atoms with Gasteiger partial charge in [0.05, 0.1) is 7.11 Å². The topological polar surface area (TPSA) is 71.7 Å². The largest absolute Gasteiger partial charge is 0.497 e. The van der Waals surface area contributed by atoms with Crippen LogP contribution in [0.2, 0.25) is 0 Å². The molecule has 0 radical (unpaired) electrons. The summed E-state index contributed by atoms with van der Waals surface area (Å²) < 4.78 is 5.24. The summed E-state index contributed by atoms with van der Waals surface area (Å²) in [6, 6.07) is 3.78. The van der Waals surface area contributed by atoms with E-state index in [1.807, 2.05) is 17.0 Å². The van der Waals surface area contributed by atoms with Gasteiger partial charge in [0.15, 0.2) is 0 Å². The molecule has 128 valence electrons. The van der Waals surface area contributed by atoms with Gasteiger partial charge in [-0.05, 0) is 25.5 Å². The minimum Gasteiger partial charge on any atom is -0.497 e. The van der Waals surface area contributed by atoms with Gasteiger partial charge in [0.1, 0.15) is 11.6 Å². The first kappa shape index (κ1) is 17.5. The van der Waals surface area contributed by atoms with E-state index in [9.17, 15) is 4.79 Å². The number of nitrogens with zero attached hydrogens (tertiary/aromatic N) is 3. The van der Waals surface area contributed by atoms with Crippen molar-refractivity contribution in [2.45, 2.75) is 32.1 Å². The molecule has 0 aromatic carbocycles. The second kappa shape index (κ2) is 9.35. The third-order valence-electron chi connectivity index (χ3n) is 4.25. The summed E-state index contributed by atoms with van der Waals surface area (Å²) >= 11 is 0. The number of methoxy groups -OCH3 is 1. The number of pyridine rings is 1. The van der Waals surface area contributed by atoms with Gasteiger partial charge in [0.2, 0.25) is 5.91 Å². The Morgan fingerprint density at radius 1 is 1.22 bits per heavy atom. The Morgan fingerprint density at radius 3 is 2.65 bits per heavy atom. The molecule has 0 spiro atoms. The van der Waals surface area contributed by atoms with Crippen LogP contribution in [0.4, 0.5) is 5.82 Å². The van der Waals surface area contributed by atoms with Crippen molar-refractivity contribution in [3.05, 3.63) is 18.3 Å². The van der Waals surface area contributed by atoms with Gasteiger partial charge in [-0.25, -0.2) is 4.98 Å². The van der Waals surface area contributed by atoms with Crippen LogP contribution in [0.1, 0.15) is 32.1 Å². The lowest BCUT2D eigenvalue weighted by Gasteiger charge is -2.35. The Hall–Kier alpha value is -1.82. The van der Waals surface area contributed by atoms with Crippen molar-refractivity contribution in [1.82, 2.24) is 9.88 Å². The van der Waals surface area contributed by atoms with Crippen molar-refractivity contribution in [2.24, 2.45) is 5.73 Å². The number of aromatic nitrogens is 1. The molecule has 1 aromatic rings. The highest BCUT2D eigenvalue weighted by Crippen LogP contribution is 2.19. The summed E-state index contributed by atoms with van der Waals surface area (Å²) in [7, 11) is 1.66. The van der Waals surface area contributed by atoms with E-state index in [0.717, 1.165) is 70.0 Å². The van der Waals surface area contributed by atoms with Gasteiger partial charge in [-0.2, -0.15) is 0 Å². The number of carbonyl (C=O) groups is 1. The highest BCUT2D eigenvalue weighted by atomic mass is 16.5. The number of hydrogen-bond acceptors (Lipinski definition) is 5. The summed E-state index contributed by atoms with van der Waals surface area (Å²) in [6.45, 7) is 3.91. The fourth-order valence-electron chi connectivity index (χ4n) is 2.82. The summed E-state index contributed by atoms with van der Waals surface area (Å²) in [5, 5.41) is 0. The lowest BCUT2D eigenvalue weighted by atomic mass is 10.1. The van der Waals surface area contributed by atoms with E-state index in [4.69, 9.17) is 10.5 Å². The number of anilines is 1. The second-order valence-electron chi connectivity index (χ2n) is 5.87. The molecule has 1 saturated heterocycles. The normalized spacial score (nSPS) is 14.9. The Kier molecular flexibility index (Phi) is 7.13.